The predicted molar refractivity (Wildman–Crippen MR) is 120 cm³/mol. The van der Waals surface area contributed by atoms with Gasteiger partial charge in [-0.05, 0) is 37.6 Å². The summed E-state index contributed by atoms with van der Waals surface area (Å²) in [7, 11) is 5.52. The Bertz CT molecular complexity index is 885. The summed E-state index contributed by atoms with van der Waals surface area (Å²) in [6, 6.07) is 0.0801. The van der Waals surface area contributed by atoms with Crippen LogP contribution in [-0.2, 0) is 33.2 Å². The molecule has 2 saturated heterocycles. The van der Waals surface area contributed by atoms with Crippen LogP contribution in [0, 0.1) is 35.0 Å². The Hall–Kier alpha value is -0.770. The Kier molecular flexibility index (Phi) is 4.73. The quantitative estimate of drug-likeness (QED) is 0.556. The van der Waals surface area contributed by atoms with Gasteiger partial charge in [0.1, 0.15) is 18.5 Å². The lowest BCUT2D eigenvalue weighted by molar-refractivity contribution is -0.275. The molecule has 7 bridgehead atoms. The summed E-state index contributed by atoms with van der Waals surface area (Å²) < 4.78 is 38.9. The topological polar surface area (TPSA) is 75.7 Å². The first-order valence-electron chi connectivity index (χ1n) is 13.2. The number of fused-ring (bicyclic) bond motifs is 1. The van der Waals surface area contributed by atoms with Gasteiger partial charge in [-0.3, -0.25) is 9.69 Å². The number of methoxy groups -OCH3 is 3. The Morgan fingerprint density at radius 2 is 1.91 bits per heavy atom. The van der Waals surface area contributed by atoms with Gasteiger partial charge in [-0.15, -0.1) is 0 Å². The van der Waals surface area contributed by atoms with Crippen LogP contribution in [-0.4, -0.2) is 93.7 Å². The van der Waals surface area contributed by atoms with Crippen molar-refractivity contribution in [3.8, 4) is 0 Å². The first-order valence-corrected chi connectivity index (χ1v) is 13.2. The monoisotopic (exact) mass is 477 g/mol. The maximum atomic E-state index is 12.7. The average molecular weight is 478 g/mol. The van der Waals surface area contributed by atoms with E-state index in [1.807, 2.05) is 21.3 Å². The summed E-state index contributed by atoms with van der Waals surface area (Å²) in [5, 5.41) is 0. The molecule has 0 aromatic carbocycles. The van der Waals surface area contributed by atoms with Crippen molar-refractivity contribution in [1.82, 2.24) is 4.90 Å². The molecule has 5 saturated carbocycles. The first kappa shape index (κ1) is 22.4. The van der Waals surface area contributed by atoms with Gasteiger partial charge >= 0.3 is 5.97 Å². The lowest BCUT2D eigenvalue weighted by atomic mass is 9.45. The highest BCUT2D eigenvalue weighted by atomic mass is 16.7. The number of hydrogen-bond donors (Lipinski definition) is 0. The molecule has 0 radical (unpaired) electrons. The van der Waals surface area contributed by atoms with Gasteiger partial charge in [0.25, 0.3) is 0 Å². The minimum atomic E-state index is -0.751. The molecule has 190 valence electrons. The standard InChI is InChI=1S/C26H39NO7/c1-6-27-11-14-7-8-18(30-4)25-16-9-15-17(29-3)10-24(20(16)21(15)31-5)26(23(25)27,33-12-32-24)22(19(14)25)34-13(2)28/h14-23H,6-12H2,1-5H3/t14-,15+,16+,17-,18-,19-,20+,21-,22-,23-,24+,25-,26+/m0/s1. The van der Waals surface area contributed by atoms with Gasteiger partial charge in [-0.2, -0.15) is 0 Å². The van der Waals surface area contributed by atoms with E-state index in [9.17, 15) is 4.79 Å². The zero-order valence-corrected chi connectivity index (χ0v) is 21.0. The number of likely N-dealkylation sites (tertiary alicyclic amines) is 1. The van der Waals surface area contributed by atoms with E-state index >= 15 is 0 Å². The van der Waals surface area contributed by atoms with Gasteiger partial charge in [-0.25, -0.2) is 0 Å². The molecule has 8 heteroatoms. The van der Waals surface area contributed by atoms with Gasteiger partial charge in [-0.1, -0.05) is 6.92 Å². The third-order valence-corrected chi connectivity index (χ3v) is 11.6. The number of piperidine rings is 1. The predicted octanol–water partition coefficient (Wildman–Crippen LogP) is 1.84. The summed E-state index contributed by atoms with van der Waals surface area (Å²) in [4.78, 5) is 15.3. The van der Waals surface area contributed by atoms with Crippen molar-refractivity contribution in [2.75, 3.05) is 41.2 Å². The molecule has 8 nitrogen and oxygen atoms in total. The highest BCUT2D eigenvalue weighted by Gasteiger charge is 2.93. The largest absolute Gasteiger partial charge is 0.459 e. The van der Waals surface area contributed by atoms with Crippen molar-refractivity contribution in [3.05, 3.63) is 0 Å². The highest BCUT2D eigenvalue weighted by Crippen LogP contribution is 2.81. The number of nitrogens with zero attached hydrogens (tertiary/aromatic N) is 1. The lowest BCUT2D eigenvalue weighted by Gasteiger charge is -2.67. The second-order valence-electron chi connectivity index (χ2n) is 11.9. The van der Waals surface area contributed by atoms with Crippen LogP contribution in [0.2, 0.25) is 0 Å². The molecule has 34 heavy (non-hydrogen) atoms. The maximum Gasteiger partial charge on any atom is 0.303 e. The summed E-state index contributed by atoms with van der Waals surface area (Å²) in [5.74, 6) is 1.25. The number of esters is 1. The maximum absolute atomic E-state index is 12.7. The highest BCUT2D eigenvalue weighted by molar-refractivity contribution is 5.67. The van der Waals surface area contributed by atoms with Crippen molar-refractivity contribution in [2.45, 2.75) is 81.2 Å². The molecule has 7 fully saturated rings. The number of rotatable bonds is 5. The summed E-state index contributed by atoms with van der Waals surface area (Å²) in [6.07, 6.45) is 3.72. The Morgan fingerprint density at radius 3 is 2.59 bits per heavy atom. The Balaban J connectivity index is 1.55. The van der Waals surface area contributed by atoms with E-state index < -0.39 is 11.2 Å². The second kappa shape index (κ2) is 7.17. The van der Waals surface area contributed by atoms with E-state index in [0.717, 1.165) is 38.8 Å². The molecule has 5 aliphatic carbocycles. The molecule has 0 N–H and O–H groups in total. The lowest BCUT2D eigenvalue weighted by Crippen LogP contribution is -2.80. The third kappa shape index (κ3) is 2.11. The smallest absolute Gasteiger partial charge is 0.303 e. The van der Waals surface area contributed by atoms with Gasteiger partial charge in [0, 0.05) is 64.4 Å². The molecule has 7 aliphatic rings. The number of likely N-dealkylation sites (N-methyl/N-ethyl adjacent to an activating group) is 1. The molecule has 2 aliphatic heterocycles. The first-order chi connectivity index (χ1) is 16.5. The zero-order valence-electron chi connectivity index (χ0n) is 21.0. The third-order valence-electron chi connectivity index (χ3n) is 11.6. The summed E-state index contributed by atoms with van der Waals surface area (Å²) in [6.45, 7) is 5.96. The van der Waals surface area contributed by atoms with Crippen LogP contribution < -0.4 is 0 Å². The van der Waals surface area contributed by atoms with Gasteiger partial charge < -0.3 is 28.4 Å². The SMILES string of the molecule is CCN1C[C@@H]2CC[C@H](OC)[C@]34[C@@H]2[C@H](OC(C)=O)[C@@]2(OCO[C@@]25C[C@H](OC)[C@H]2C[C@@H]3[C@@H]5[C@H]2OC)[C@@H]14. The van der Waals surface area contributed by atoms with E-state index in [0.29, 0.717) is 17.8 Å². The van der Waals surface area contributed by atoms with Crippen LogP contribution in [0.5, 0.6) is 0 Å². The Labute approximate surface area is 201 Å². The number of carbonyl (C=O) groups excluding carboxylic acids is 1. The zero-order chi connectivity index (χ0) is 23.6. The van der Waals surface area contributed by atoms with Crippen molar-refractivity contribution < 1.29 is 33.2 Å². The van der Waals surface area contributed by atoms with Crippen LogP contribution in [0.15, 0.2) is 0 Å². The molecule has 7 rings (SSSR count). The molecule has 0 unspecified atom stereocenters. The number of ether oxygens (including phenoxy) is 6. The van der Waals surface area contributed by atoms with E-state index in [-0.39, 0.29) is 60.5 Å². The van der Waals surface area contributed by atoms with Gasteiger partial charge in [0.15, 0.2) is 5.60 Å². The van der Waals surface area contributed by atoms with Crippen LogP contribution in [0.3, 0.4) is 0 Å². The Morgan fingerprint density at radius 1 is 1.09 bits per heavy atom. The van der Waals surface area contributed by atoms with Gasteiger partial charge in [0.05, 0.1) is 24.4 Å². The van der Waals surface area contributed by atoms with Crippen LogP contribution in [0.1, 0.15) is 39.5 Å². The van der Waals surface area contributed by atoms with E-state index in [2.05, 4.69) is 11.8 Å². The minimum Gasteiger partial charge on any atom is -0.459 e. The fraction of sp³-hybridized carbons (Fsp3) is 0.962. The van der Waals surface area contributed by atoms with Crippen molar-refractivity contribution in [2.24, 2.45) is 35.0 Å². The molecule has 2 heterocycles. The van der Waals surface area contributed by atoms with Crippen molar-refractivity contribution in [3.63, 3.8) is 0 Å². The normalized spacial score (nSPS) is 58.6. The van der Waals surface area contributed by atoms with Crippen molar-refractivity contribution in [1.29, 1.82) is 0 Å². The van der Waals surface area contributed by atoms with Crippen LogP contribution in [0.4, 0.5) is 0 Å². The molecule has 0 aromatic rings. The molecule has 3 spiro atoms. The molecular weight excluding hydrogens is 438 g/mol. The summed E-state index contributed by atoms with van der Waals surface area (Å²) >= 11 is 0. The van der Waals surface area contributed by atoms with E-state index in [1.54, 1.807) is 0 Å². The minimum absolute atomic E-state index is 0.0221. The van der Waals surface area contributed by atoms with E-state index in [1.165, 1.54) is 6.92 Å². The van der Waals surface area contributed by atoms with Crippen LogP contribution in [0.25, 0.3) is 0 Å². The van der Waals surface area contributed by atoms with Gasteiger partial charge in [0.2, 0.25) is 0 Å². The fourth-order valence-corrected chi connectivity index (χ4v) is 11.3. The van der Waals surface area contributed by atoms with Crippen molar-refractivity contribution >= 4 is 5.97 Å². The molecule has 0 amide bonds. The second-order valence-corrected chi connectivity index (χ2v) is 11.9. The summed E-state index contributed by atoms with van der Waals surface area (Å²) in [5.41, 5.74) is -1.53. The van der Waals surface area contributed by atoms with Crippen LogP contribution >= 0.6 is 0 Å². The average Bonchev–Trinajstić information content (AvgIpc) is 3.40. The number of hydrogen-bond acceptors (Lipinski definition) is 8. The fourth-order valence-electron chi connectivity index (χ4n) is 11.3. The molecular formula is C26H39NO7. The molecule has 0 aromatic heterocycles. The van der Waals surface area contributed by atoms with E-state index in [4.69, 9.17) is 28.4 Å². The molecule has 13 atom stereocenters. The number of carbonyl (C=O) groups is 1.